The van der Waals surface area contributed by atoms with Crippen LogP contribution in [0.1, 0.15) is 39.8 Å². The fourth-order valence-corrected chi connectivity index (χ4v) is 3.45. The van der Waals surface area contributed by atoms with Crippen molar-refractivity contribution in [2.75, 3.05) is 49.6 Å². The van der Waals surface area contributed by atoms with Crippen LogP contribution in [0.5, 0.6) is 0 Å². The fraction of sp³-hybridized carbons (Fsp3) is 0.737. The standard InChI is InChI=1S/C19H31N5O2/c1-5-14-10-16(22-18(21-14)23-6-8-26-9-7-23)20-15-11-17(25)24(12-15)13-19(2,3)4/h10,15H,5-9,11-13H2,1-4H3,(H,20,21,22). The maximum atomic E-state index is 12.3. The average Bonchev–Trinajstić information content (AvgIpc) is 2.92. The molecule has 3 heterocycles. The van der Waals surface area contributed by atoms with Crippen molar-refractivity contribution >= 4 is 17.7 Å². The molecule has 0 spiro atoms. The number of anilines is 2. The summed E-state index contributed by atoms with van der Waals surface area (Å²) >= 11 is 0. The molecule has 1 N–H and O–H groups in total. The summed E-state index contributed by atoms with van der Waals surface area (Å²) in [6, 6.07) is 2.10. The lowest BCUT2D eigenvalue weighted by molar-refractivity contribution is -0.128. The molecule has 144 valence electrons. The minimum Gasteiger partial charge on any atom is -0.378 e. The van der Waals surface area contributed by atoms with Crippen LogP contribution < -0.4 is 10.2 Å². The van der Waals surface area contributed by atoms with E-state index in [9.17, 15) is 4.79 Å². The molecule has 1 amide bonds. The van der Waals surface area contributed by atoms with Crippen LogP contribution in [0.2, 0.25) is 0 Å². The van der Waals surface area contributed by atoms with Gasteiger partial charge in [0.2, 0.25) is 11.9 Å². The Hall–Kier alpha value is -1.89. The highest BCUT2D eigenvalue weighted by molar-refractivity contribution is 5.80. The largest absolute Gasteiger partial charge is 0.378 e. The predicted octanol–water partition coefficient (Wildman–Crippen LogP) is 1.93. The summed E-state index contributed by atoms with van der Waals surface area (Å²) in [5.74, 6) is 1.79. The van der Waals surface area contributed by atoms with E-state index in [4.69, 9.17) is 9.72 Å². The van der Waals surface area contributed by atoms with Crippen molar-refractivity contribution < 1.29 is 9.53 Å². The van der Waals surface area contributed by atoms with E-state index in [0.29, 0.717) is 19.6 Å². The lowest BCUT2D eigenvalue weighted by Gasteiger charge is -2.28. The number of carbonyl (C=O) groups is 1. The van der Waals surface area contributed by atoms with Crippen LogP contribution in [0.25, 0.3) is 0 Å². The molecule has 2 fully saturated rings. The van der Waals surface area contributed by atoms with Crippen molar-refractivity contribution in [2.24, 2.45) is 5.41 Å². The molecular formula is C19H31N5O2. The zero-order chi connectivity index (χ0) is 18.7. The van der Waals surface area contributed by atoms with Gasteiger partial charge in [-0.1, -0.05) is 27.7 Å². The smallest absolute Gasteiger partial charge is 0.227 e. The van der Waals surface area contributed by atoms with Gasteiger partial charge in [-0.3, -0.25) is 4.79 Å². The maximum absolute atomic E-state index is 12.3. The van der Waals surface area contributed by atoms with Crippen molar-refractivity contribution in [1.29, 1.82) is 0 Å². The molecule has 2 aliphatic rings. The molecule has 7 nitrogen and oxygen atoms in total. The van der Waals surface area contributed by atoms with E-state index in [2.05, 4.69) is 42.9 Å². The molecule has 7 heteroatoms. The van der Waals surface area contributed by atoms with Gasteiger partial charge in [-0.05, 0) is 11.8 Å². The van der Waals surface area contributed by atoms with Gasteiger partial charge < -0.3 is 19.9 Å². The van der Waals surface area contributed by atoms with Gasteiger partial charge in [-0.2, -0.15) is 4.98 Å². The first kappa shape index (κ1) is 18.9. The fourth-order valence-electron chi connectivity index (χ4n) is 3.45. The van der Waals surface area contributed by atoms with Gasteiger partial charge in [-0.25, -0.2) is 4.98 Å². The van der Waals surface area contributed by atoms with E-state index in [1.165, 1.54) is 0 Å². The number of hydrogen-bond donors (Lipinski definition) is 1. The second-order valence-corrected chi connectivity index (χ2v) is 8.38. The highest BCUT2D eigenvalue weighted by Gasteiger charge is 2.32. The summed E-state index contributed by atoms with van der Waals surface area (Å²) in [6.45, 7) is 13.1. The molecule has 26 heavy (non-hydrogen) atoms. The Morgan fingerprint density at radius 1 is 1.27 bits per heavy atom. The Balaban J connectivity index is 1.70. The molecule has 0 radical (unpaired) electrons. The lowest BCUT2D eigenvalue weighted by atomic mass is 9.96. The summed E-state index contributed by atoms with van der Waals surface area (Å²) in [6.07, 6.45) is 1.38. The highest BCUT2D eigenvalue weighted by Crippen LogP contribution is 2.23. The molecule has 1 atom stereocenters. The summed E-state index contributed by atoms with van der Waals surface area (Å²) in [7, 11) is 0. The second-order valence-electron chi connectivity index (χ2n) is 8.38. The van der Waals surface area contributed by atoms with Crippen LogP contribution in [0.3, 0.4) is 0 Å². The second kappa shape index (κ2) is 7.78. The van der Waals surface area contributed by atoms with E-state index in [1.807, 2.05) is 11.0 Å². The van der Waals surface area contributed by atoms with Gasteiger partial charge in [0, 0.05) is 44.4 Å². The van der Waals surface area contributed by atoms with E-state index < -0.39 is 0 Å². The van der Waals surface area contributed by atoms with Crippen molar-refractivity contribution in [1.82, 2.24) is 14.9 Å². The summed E-state index contributed by atoms with van der Waals surface area (Å²) in [4.78, 5) is 25.8. The number of likely N-dealkylation sites (tertiary alicyclic amines) is 1. The molecule has 0 aromatic carbocycles. The van der Waals surface area contributed by atoms with Gasteiger partial charge in [0.05, 0.1) is 19.3 Å². The van der Waals surface area contributed by atoms with E-state index >= 15 is 0 Å². The van der Waals surface area contributed by atoms with Crippen LogP contribution in [0.4, 0.5) is 11.8 Å². The third-order valence-corrected chi connectivity index (χ3v) is 4.66. The molecule has 0 bridgehead atoms. The van der Waals surface area contributed by atoms with Gasteiger partial charge in [0.25, 0.3) is 0 Å². The number of ether oxygens (including phenoxy) is 1. The third-order valence-electron chi connectivity index (χ3n) is 4.66. The van der Waals surface area contributed by atoms with Gasteiger partial charge in [0.1, 0.15) is 5.82 Å². The zero-order valence-electron chi connectivity index (χ0n) is 16.4. The molecule has 1 unspecified atom stereocenters. The van der Waals surface area contributed by atoms with Crippen molar-refractivity contribution in [3.8, 4) is 0 Å². The number of aromatic nitrogens is 2. The number of morpholine rings is 1. The highest BCUT2D eigenvalue weighted by atomic mass is 16.5. The SMILES string of the molecule is CCc1cc(NC2CC(=O)N(CC(C)(C)C)C2)nc(N2CCOCC2)n1. The molecular weight excluding hydrogens is 330 g/mol. The first-order valence-corrected chi connectivity index (χ1v) is 9.59. The Bertz CT molecular complexity index is 637. The first-order valence-electron chi connectivity index (χ1n) is 9.59. The Morgan fingerprint density at radius 2 is 2.00 bits per heavy atom. The molecule has 2 saturated heterocycles. The van der Waals surface area contributed by atoms with Crippen molar-refractivity contribution in [2.45, 2.75) is 46.6 Å². The molecule has 3 rings (SSSR count). The van der Waals surface area contributed by atoms with E-state index in [1.54, 1.807) is 0 Å². The summed E-state index contributed by atoms with van der Waals surface area (Å²) in [5, 5.41) is 3.47. The number of nitrogens with one attached hydrogen (secondary N) is 1. The van der Waals surface area contributed by atoms with Crippen LogP contribution in [-0.4, -0.2) is 66.2 Å². The third kappa shape index (κ3) is 4.84. The van der Waals surface area contributed by atoms with Gasteiger partial charge in [-0.15, -0.1) is 0 Å². The van der Waals surface area contributed by atoms with Gasteiger partial charge >= 0.3 is 0 Å². The van der Waals surface area contributed by atoms with Crippen molar-refractivity contribution in [3.63, 3.8) is 0 Å². The predicted molar refractivity (Wildman–Crippen MR) is 103 cm³/mol. The first-order chi connectivity index (χ1) is 12.3. The van der Waals surface area contributed by atoms with E-state index in [-0.39, 0.29) is 17.4 Å². The minimum atomic E-state index is 0.0991. The van der Waals surface area contributed by atoms with E-state index in [0.717, 1.165) is 50.1 Å². The number of nitrogens with zero attached hydrogens (tertiary/aromatic N) is 4. The van der Waals surface area contributed by atoms with Crippen LogP contribution in [0, 0.1) is 5.41 Å². The quantitative estimate of drug-likeness (QED) is 0.864. The van der Waals surface area contributed by atoms with Crippen LogP contribution in [-0.2, 0) is 16.0 Å². The number of hydrogen-bond acceptors (Lipinski definition) is 6. The average molecular weight is 361 g/mol. The Kier molecular flexibility index (Phi) is 5.65. The summed E-state index contributed by atoms with van der Waals surface area (Å²) in [5.41, 5.74) is 1.12. The number of aryl methyl sites for hydroxylation is 1. The molecule has 2 aliphatic heterocycles. The number of carbonyl (C=O) groups excluding carboxylic acids is 1. The summed E-state index contributed by atoms with van der Waals surface area (Å²) < 4.78 is 5.42. The van der Waals surface area contributed by atoms with Crippen LogP contribution >= 0.6 is 0 Å². The monoisotopic (exact) mass is 361 g/mol. The molecule has 0 saturated carbocycles. The van der Waals surface area contributed by atoms with Gasteiger partial charge in [0.15, 0.2) is 0 Å². The molecule has 0 aliphatic carbocycles. The number of amides is 1. The lowest BCUT2D eigenvalue weighted by Crippen LogP contribution is -2.37. The number of rotatable bonds is 5. The topological polar surface area (TPSA) is 70.6 Å². The van der Waals surface area contributed by atoms with Crippen molar-refractivity contribution in [3.05, 3.63) is 11.8 Å². The Morgan fingerprint density at radius 3 is 2.65 bits per heavy atom. The molecule has 1 aromatic heterocycles. The Labute approximate surface area is 156 Å². The maximum Gasteiger partial charge on any atom is 0.227 e. The minimum absolute atomic E-state index is 0.0991. The zero-order valence-corrected chi connectivity index (χ0v) is 16.4. The molecule has 1 aromatic rings. The normalized spacial score (nSPS) is 21.4. The van der Waals surface area contributed by atoms with Crippen LogP contribution in [0.15, 0.2) is 6.07 Å².